The van der Waals surface area contributed by atoms with Crippen LogP contribution in [0, 0.1) is 5.92 Å². The summed E-state index contributed by atoms with van der Waals surface area (Å²) < 4.78 is 0. The molecule has 100 valence electrons. The van der Waals surface area contributed by atoms with Crippen LogP contribution in [-0.4, -0.2) is 17.3 Å². The van der Waals surface area contributed by atoms with E-state index in [2.05, 4.69) is 37.3 Å². The molecule has 3 N–H and O–H groups in total. The second-order valence-corrected chi connectivity index (χ2v) is 5.63. The number of nitrogens with two attached hydrogens (primary N) is 1. The lowest BCUT2D eigenvalue weighted by Gasteiger charge is -2.41. The van der Waals surface area contributed by atoms with Crippen molar-refractivity contribution < 1.29 is 5.11 Å². The zero-order valence-electron chi connectivity index (χ0n) is 11.3. The number of aliphatic hydroxyl groups is 1. The summed E-state index contributed by atoms with van der Waals surface area (Å²) in [6, 6.07) is 10.7. The highest BCUT2D eigenvalue weighted by Gasteiger charge is 2.38. The van der Waals surface area contributed by atoms with E-state index in [1.165, 1.54) is 5.56 Å². The molecule has 2 rings (SSSR count). The van der Waals surface area contributed by atoms with E-state index in [0.717, 1.165) is 32.1 Å². The van der Waals surface area contributed by atoms with Gasteiger partial charge in [-0.15, -0.1) is 0 Å². The monoisotopic (exact) mass is 247 g/mol. The molecule has 0 aliphatic heterocycles. The van der Waals surface area contributed by atoms with Crippen LogP contribution in [0.5, 0.6) is 0 Å². The van der Waals surface area contributed by atoms with Gasteiger partial charge in [-0.05, 0) is 56.0 Å². The lowest BCUT2D eigenvalue weighted by atomic mass is 9.70. The highest BCUT2D eigenvalue weighted by molar-refractivity contribution is 5.20. The van der Waals surface area contributed by atoms with E-state index in [4.69, 9.17) is 5.73 Å². The summed E-state index contributed by atoms with van der Waals surface area (Å²) in [4.78, 5) is 0. The van der Waals surface area contributed by atoms with Crippen molar-refractivity contribution in [1.29, 1.82) is 0 Å². The molecule has 1 aromatic rings. The van der Waals surface area contributed by atoms with Gasteiger partial charge in [-0.1, -0.05) is 37.3 Å². The van der Waals surface area contributed by atoms with Crippen molar-refractivity contribution in [2.45, 2.75) is 50.5 Å². The minimum absolute atomic E-state index is 0.259. The number of benzene rings is 1. The highest BCUT2D eigenvalue weighted by Crippen LogP contribution is 2.41. The van der Waals surface area contributed by atoms with Gasteiger partial charge in [-0.2, -0.15) is 0 Å². The van der Waals surface area contributed by atoms with E-state index in [1.54, 1.807) is 0 Å². The second kappa shape index (κ2) is 5.85. The zero-order valence-corrected chi connectivity index (χ0v) is 11.3. The lowest BCUT2D eigenvalue weighted by Crippen LogP contribution is -2.44. The van der Waals surface area contributed by atoms with Crippen LogP contribution in [0.15, 0.2) is 30.3 Å². The Kier molecular flexibility index (Phi) is 4.41. The van der Waals surface area contributed by atoms with E-state index in [-0.39, 0.29) is 5.92 Å². The van der Waals surface area contributed by atoms with Gasteiger partial charge in [0.2, 0.25) is 0 Å². The molecule has 2 heteroatoms. The third-order valence-electron chi connectivity index (χ3n) is 4.66. The molecule has 2 nitrogen and oxygen atoms in total. The first-order chi connectivity index (χ1) is 8.69. The summed E-state index contributed by atoms with van der Waals surface area (Å²) >= 11 is 0. The molecule has 0 bridgehead atoms. The Morgan fingerprint density at radius 1 is 1.28 bits per heavy atom. The minimum atomic E-state index is -0.519. The fourth-order valence-corrected chi connectivity index (χ4v) is 3.35. The summed E-state index contributed by atoms with van der Waals surface area (Å²) in [5.74, 6) is 0.871. The molecule has 18 heavy (non-hydrogen) atoms. The topological polar surface area (TPSA) is 46.2 Å². The minimum Gasteiger partial charge on any atom is -0.390 e. The smallest absolute Gasteiger partial charge is 0.0688 e. The third-order valence-corrected chi connectivity index (χ3v) is 4.66. The Hall–Kier alpha value is -0.860. The van der Waals surface area contributed by atoms with Crippen molar-refractivity contribution in [3.63, 3.8) is 0 Å². The van der Waals surface area contributed by atoms with Crippen LogP contribution in [0.1, 0.15) is 50.5 Å². The standard InChI is InChI=1S/C16H25NO/c1-2-15(12-17)16(18)10-8-14(9-11-16)13-6-4-3-5-7-13/h3-7,14-15,18H,2,8-12,17H2,1H3. The van der Waals surface area contributed by atoms with E-state index in [1.807, 2.05) is 0 Å². The maximum Gasteiger partial charge on any atom is 0.0688 e. The Morgan fingerprint density at radius 2 is 1.89 bits per heavy atom. The normalized spacial score (nSPS) is 30.1. The first-order valence-electron chi connectivity index (χ1n) is 7.17. The van der Waals surface area contributed by atoms with Gasteiger partial charge in [0.1, 0.15) is 0 Å². The first-order valence-corrected chi connectivity index (χ1v) is 7.17. The largest absolute Gasteiger partial charge is 0.390 e. The quantitative estimate of drug-likeness (QED) is 0.859. The molecule has 1 fully saturated rings. The predicted molar refractivity (Wildman–Crippen MR) is 75.4 cm³/mol. The second-order valence-electron chi connectivity index (χ2n) is 5.63. The van der Waals surface area contributed by atoms with Gasteiger partial charge in [0.25, 0.3) is 0 Å². The van der Waals surface area contributed by atoms with Crippen LogP contribution < -0.4 is 5.73 Å². The SMILES string of the molecule is CCC(CN)C1(O)CCC(c2ccccc2)CC1. The van der Waals surface area contributed by atoms with Gasteiger partial charge in [0.05, 0.1) is 5.60 Å². The number of rotatable bonds is 4. The zero-order chi connectivity index (χ0) is 13.0. The van der Waals surface area contributed by atoms with Crippen molar-refractivity contribution in [1.82, 2.24) is 0 Å². The van der Waals surface area contributed by atoms with Crippen LogP contribution in [0.4, 0.5) is 0 Å². The Labute approximate surface area is 110 Å². The van der Waals surface area contributed by atoms with Crippen LogP contribution >= 0.6 is 0 Å². The molecule has 1 aliphatic carbocycles. The average Bonchev–Trinajstić information content (AvgIpc) is 2.42. The molecule has 1 aliphatic rings. The lowest BCUT2D eigenvalue weighted by molar-refractivity contribution is -0.0511. The third kappa shape index (κ3) is 2.76. The van der Waals surface area contributed by atoms with Crippen molar-refractivity contribution >= 4 is 0 Å². The van der Waals surface area contributed by atoms with Crippen molar-refractivity contribution in [3.8, 4) is 0 Å². The highest BCUT2D eigenvalue weighted by atomic mass is 16.3. The Morgan fingerprint density at radius 3 is 2.39 bits per heavy atom. The summed E-state index contributed by atoms with van der Waals surface area (Å²) in [6.07, 6.45) is 4.92. The fraction of sp³-hybridized carbons (Fsp3) is 0.625. The van der Waals surface area contributed by atoms with Crippen molar-refractivity contribution in [2.75, 3.05) is 6.54 Å². The molecule has 0 radical (unpaired) electrons. The fourth-order valence-electron chi connectivity index (χ4n) is 3.35. The van der Waals surface area contributed by atoms with Crippen molar-refractivity contribution in [2.24, 2.45) is 11.7 Å². The predicted octanol–water partition coefficient (Wildman–Crippen LogP) is 3.06. The van der Waals surface area contributed by atoms with E-state index >= 15 is 0 Å². The molecule has 1 atom stereocenters. The van der Waals surface area contributed by atoms with E-state index in [9.17, 15) is 5.11 Å². The molecule has 0 amide bonds. The van der Waals surface area contributed by atoms with Crippen LogP contribution in [-0.2, 0) is 0 Å². The summed E-state index contributed by atoms with van der Waals surface area (Å²) in [5, 5.41) is 10.7. The molecule has 0 heterocycles. The molecule has 1 saturated carbocycles. The molecule has 0 aromatic heterocycles. The first kappa shape index (κ1) is 13.6. The van der Waals surface area contributed by atoms with Gasteiger partial charge >= 0.3 is 0 Å². The molecule has 1 unspecified atom stereocenters. The van der Waals surface area contributed by atoms with Crippen LogP contribution in [0.3, 0.4) is 0 Å². The van der Waals surface area contributed by atoms with Crippen molar-refractivity contribution in [3.05, 3.63) is 35.9 Å². The maximum atomic E-state index is 10.7. The van der Waals surface area contributed by atoms with Crippen LogP contribution in [0.2, 0.25) is 0 Å². The number of hydrogen-bond donors (Lipinski definition) is 2. The Balaban J connectivity index is 1.99. The summed E-state index contributed by atoms with van der Waals surface area (Å²) in [5.41, 5.74) is 6.68. The van der Waals surface area contributed by atoms with Gasteiger partial charge in [0.15, 0.2) is 0 Å². The molecule has 0 saturated heterocycles. The summed E-state index contributed by atoms with van der Waals surface area (Å²) in [7, 11) is 0. The average molecular weight is 247 g/mol. The van der Waals surface area contributed by atoms with E-state index < -0.39 is 5.60 Å². The molecular formula is C16H25NO. The molecule has 1 aromatic carbocycles. The van der Waals surface area contributed by atoms with Gasteiger partial charge < -0.3 is 10.8 Å². The van der Waals surface area contributed by atoms with Gasteiger partial charge in [-0.25, -0.2) is 0 Å². The number of hydrogen-bond acceptors (Lipinski definition) is 2. The Bertz CT molecular complexity index is 351. The van der Waals surface area contributed by atoms with Crippen LogP contribution in [0.25, 0.3) is 0 Å². The maximum absolute atomic E-state index is 10.7. The van der Waals surface area contributed by atoms with Gasteiger partial charge in [-0.3, -0.25) is 0 Å². The molecular weight excluding hydrogens is 222 g/mol. The summed E-state index contributed by atoms with van der Waals surface area (Å²) in [6.45, 7) is 2.72. The van der Waals surface area contributed by atoms with E-state index in [0.29, 0.717) is 12.5 Å². The molecule has 0 spiro atoms. The van der Waals surface area contributed by atoms with Gasteiger partial charge in [0, 0.05) is 0 Å².